The van der Waals surface area contributed by atoms with Crippen LogP contribution in [0.1, 0.15) is 18.5 Å². The van der Waals surface area contributed by atoms with Gasteiger partial charge < -0.3 is 14.6 Å². The fourth-order valence-corrected chi connectivity index (χ4v) is 2.25. The Morgan fingerprint density at radius 2 is 1.95 bits per heavy atom. The Morgan fingerprint density at radius 3 is 2.67 bits per heavy atom. The number of aromatic nitrogens is 3. The van der Waals surface area contributed by atoms with Gasteiger partial charge in [0.1, 0.15) is 5.75 Å². The first-order valence-corrected chi connectivity index (χ1v) is 6.87. The van der Waals surface area contributed by atoms with Crippen LogP contribution in [0.3, 0.4) is 0 Å². The molecule has 1 N–H and O–H groups in total. The highest BCUT2D eigenvalue weighted by Gasteiger charge is 2.14. The van der Waals surface area contributed by atoms with Crippen LogP contribution in [0.5, 0.6) is 11.8 Å². The zero-order valence-electron chi connectivity index (χ0n) is 12.4. The van der Waals surface area contributed by atoms with Gasteiger partial charge in [0.25, 0.3) is 0 Å². The van der Waals surface area contributed by atoms with Gasteiger partial charge in [-0.15, -0.1) is 0 Å². The first-order valence-electron chi connectivity index (χ1n) is 6.87. The molecule has 108 valence electrons. The van der Waals surface area contributed by atoms with E-state index in [9.17, 15) is 0 Å². The van der Waals surface area contributed by atoms with Crippen LogP contribution in [0.2, 0.25) is 0 Å². The summed E-state index contributed by atoms with van der Waals surface area (Å²) < 4.78 is 5.70. The zero-order chi connectivity index (χ0) is 14.8. The molecule has 0 saturated carbocycles. The minimum atomic E-state index is 0.321. The summed E-state index contributed by atoms with van der Waals surface area (Å²) in [6.07, 6.45) is 5.38. The molecule has 21 heavy (non-hydrogen) atoms. The van der Waals surface area contributed by atoms with Crippen LogP contribution in [-0.2, 0) is 0 Å². The van der Waals surface area contributed by atoms with E-state index in [0.29, 0.717) is 12.1 Å². The number of rotatable bonds is 4. The van der Waals surface area contributed by atoms with E-state index < -0.39 is 0 Å². The van der Waals surface area contributed by atoms with Gasteiger partial charge in [-0.1, -0.05) is 0 Å². The van der Waals surface area contributed by atoms with Gasteiger partial charge in [0.05, 0.1) is 0 Å². The first-order chi connectivity index (χ1) is 10.1. The van der Waals surface area contributed by atoms with Crippen molar-refractivity contribution in [2.24, 2.45) is 0 Å². The normalized spacial score (nSPS) is 12.8. The first kappa shape index (κ1) is 13.6. The minimum Gasteiger partial charge on any atom is -0.424 e. The number of benzene rings is 1. The number of hydrogen-bond donors (Lipinski definition) is 1. The molecule has 0 amide bonds. The third-order valence-corrected chi connectivity index (χ3v) is 3.66. The van der Waals surface area contributed by atoms with Crippen LogP contribution in [0, 0.1) is 0 Å². The lowest BCUT2D eigenvalue weighted by Crippen LogP contribution is -2.16. The largest absolute Gasteiger partial charge is 0.424 e. The van der Waals surface area contributed by atoms with Gasteiger partial charge in [0, 0.05) is 35.5 Å². The van der Waals surface area contributed by atoms with Crippen molar-refractivity contribution in [2.75, 3.05) is 14.1 Å². The van der Waals surface area contributed by atoms with Crippen molar-refractivity contribution < 1.29 is 4.74 Å². The summed E-state index contributed by atoms with van der Waals surface area (Å²) >= 11 is 0. The molecule has 5 heteroatoms. The van der Waals surface area contributed by atoms with Crippen molar-refractivity contribution >= 4 is 10.9 Å². The third-order valence-electron chi connectivity index (χ3n) is 3.66. The van der Waals surface area contributed by atoms with Crippen molar-refractivity contribution in [1.82, 2.24) is 19.9 Å². The predicted molar refractivity (Wildman–Crippen MR) is 82.5 cm³/mol. The highest BCUT2D eigenvalue weighted by Crippen LogP contribution is 2.30. The summed E-state index contributed by atoms with van der Waals surface area (Å²) in [6, 6.07) is 8.40. The van der Waals surface area contributed by atoms with E-state index in [4.69, 9.17) is 4.74 Å². The van der Waals surface area contributed by atoms with Crippen molar-refractivity contribution in [1.29, 1.82) is 0 Å². The van der Waals surface area contributed by atoms with Gasteiger partial charge in [-0.25, -0.2) is 9.97 Å². The quantitative estimate of drug-likeness (QED) is 0.797. The van der Waals surface area contributed by atoms with Crippen LogP contribution in [0.25, 0.3) is 10.9 Å². The van der Waals surface area contributed by atoms with Gasteiger partial charge in [-0.3, -0.25) is 0 Å². The van der Waals surface area contributed by atoms with Gasteiger partial charge in [0.2, 0.25) is 0 Å². The summed E-state index contributed by atoms with van der Waals surface area (Å²) in [4.78, 5) is 13.6. The summed E-state index contributed by atoms with van der Waals surface area (Å²) in [7, 11) is 4.14. The summed E-state index contributed by atoms with van der Waals surface area (Å²) in [5, 5.41) is 1.16. The number of hydrogen-bond acceptors (Lipinski definition) is 4. The van der Waals surface area contributed by atoms with E-state index in [-0.39, 0.29) is 0 Å². The number of H-pyrrole nitrogens is 1. The Balaban J connectivity index is 1.97. The highest BCUT2D eigenvalue weighted by molar-refractivity contribution is 5.85. The zero-order valence-corrected chi connectivity index (χ0v) is 12.4. The van der Waals surface area contributed by atoms with Gasteiger partial charge in [0.15, 0.2) is 0 Å². The Morgan fingerprint density at radius 1 is 1.19 bits per heavy atom. The van der Waals surface area contributed by atoms with Crippen LogP contribution < -0.4 is 4.74 Å². The molecule has 5 nitrogen and oxygen atoms in total. The van der Waals surface area contributed by atoms with Gasteiger partial charge >= 0.3 is 6.01 Å². The smallest absolute Gasteiger partial charge is 0.321 e. The number of fused-ring (bicyclic) bond motifs is 1. The molecule has 3 rings (SSSR count). The SMILES string of the molecule is CC(c1c[nH]c2ccc(Oc3ncccn3)cc12)N(C)C. The summed E-state index contributed by atoms with van der Waals surface area (Å²) in [5.74, 6) is 0.737. The van der Waals surface area contributed by atoms with E-state index >= 15 is 0 Å². The van der Waals surface area contributed by atoms with Crippen LogP contribution in [0.15, 0.2) is 42.9 Å². The molecular formula is C16H18N4O. The van der Waals surface area contributed by atoms with Crippen LogP contribution in [0.4, 0.5) is 0 Å². The maximum Gasteiger partial charge on any atom is 0.321 e. The average Bonchev–Trinajstić information content (AvgIpc) is 2.90. The molecule has 0 saturated heterocycles. The number of ether oxygens (including phenoxy) is 1. The molecule has 0 aliphatic carbocycles. The molecule has 2 heterocycles. The van der Waals surface area contributed by atoms with E-state index in [2.05, 4.69) is 47.1 Å². The van der Waals surface area contributed by atoms with E-state index in [1.165, 1.54) is 5.56 Å². The van der Waals surface area contributed by atoms with E-state index in [1.807, 2.05) is 18.2 Å². The minimum absolute atomic E-state index is 0.321. The molecule has 1 atom stereocenters. The van der Waals surface area contributed by atoms with E-state index in [0.717, 1.165) is 16.7 Å². The van der Waals surface area contributed by atoms with Crippen LogP contribution in [-0.4, -0.2) is 33.9 Å². The molecular weight excluding hydrogens is 264 g/mol. The lowest BCUT2D eigenvalue weighted by atomic mass is 10.1. The molecule has 0 fully saturated rings. The lowest BCUT2D eigenvalue weighted by molar-refractivity contribution is 0.323. The summed E-state index contributed by atoms with van der Waals surface area (Å²) in [5.41, 5.74) is 2.34. The maximum absolute atomic E-state index is 5.70. The molecule has 0 spiro atoms. The Labute approximate surface area is 123 Å². The third kappa shape index (κ3) is 2.73. The summed E-state index contributed by atoms with van der Waals surface area (Å²) in [6.45, 7) is 2.18. The second-order valence-electron chi connectivity index (χ2n) is 5.22. The standard InChI is InChI=1S/C16H18N4O/c1-11(20(2)3)14-10-19-15-6-5-12(9-13(14)15)21-16-17-7-4-8-18-16/h4-11,19H,1-3H3. The second-order valence-corrected chi connectivity index (χ2v) is 5.22. The highest BCUT2D eigenvalue weighted by atomic mass is 16.5. The molecule has 0 aliphatic heterocycles. The fourth-order valence-electron chi connectivity index (χ4n) is 2.25. The maximum atomic E-state index is 5.70. The molecule has 0 radical (unpaired) electrons. The van der Waals surface area contributed by atoms with Crippen molar-refractivity contribution in [2.45, 2.75) is 13.0 Å². The van der Waals surface area contributed by atoms with Crippen molar-refractivity contribution in [3.63, 3.8) is 0 Å². The van der Waals surface area contributed by atoms with Gasteiger partial charge in [-0.2, -0.15) is 0 Å². The predicted octanol–water partition coefficient (Wildman–Crippen LogP) is 3.37. The van der Waals surface area contributed by atoms with Gasteiger partial charge in [-0.05, 0) is 50.8 Å². The van der Waals surface area contributed by atoms with E-state index in [1.54, 1.807) is 18.5 Å². The molecule has 1 aromatic carbocycles. The molecule has 2 aromatic heterocycles. The second kappa shape index (κ2) is 5.54. The average molecular weight is 282 g/mol. The number of aromatic amines is 1. The molecule has 3 aromatic rings. The Kier molecular flexibility index (Phi) is 3.58. The monoisotopic (exact) mass is 282 g/mol. The van der Waals surface area contributed by atoms with Crippen molar-refractivity contribution in [3.8, 4) is 11.8 Å². The molecule has 1 unspecified atom stereocenters. The molecule has 0 aliphatic rings. The fraction of sp³-hybridized carbons (Fsp3) is 0.250. The topological polar surface area (TPSA) is 54.0 Å². The molecule has 0 bridgehead atoms. The van der Waals surface area contributed by atoms with Crippen molar-refractivity contribution in [3.05, 3.63) is 48.4 Å². The number of nitrogens with zero attached hydrogens (tertiary/aromatic N) is 3. The number of nitrogens with one attached hydrogen (secondary N) is 1. The Bertz CT molecular complexity index is 736. The van der Waals surface area contributed by atoms with Crippen LogP contribution >= 0.6 is 0 Å². The Hall–Kier alpha value is -2.40. The lowest BCUT2D eigenvalue weighted by Gasteiger charge is -2.19.